The first kappa shape index (κ1) is 25.1. The number of imidazole rings is 1. The van der Waals surface area contributed by atoms with Gasteiger partial charge in [0.2, 0.25) is 0 Å². The van der Waals surface area contributed by atoms with Crippen LogP contribution in [0, 0.1) is 6.92 Å². The zero-order valence-corrected chi connectivity index (χ0v) is 20.6. The summed E-state index contributed by atoms with van der Waals surface area (Å²) in [6, 6.07) is 18.7. The summed E-state index contributed by atoms with van der Waals surface area (Å²) in [4.78, 5) is 8.92. The van der Waals surface area contributed by atoms with Gasteiger partial charge in [0.15, 0.2) is 11.5 Å². The molecule has 0 atom stereocenters. The van der Waals surface area contributed by atoms with E-state index in [0.717, 1.165) is 5.56 Å². The molecule has 5 rings (SSSR count). The molecule has 0 bridgehead atoms. The van der Waals surface area contributed by atoms with Gasteiger partial charge in [0.1, 0.15) is 5.75 Å². The second-order valence-electron chi connectivity index (χ2n) is 8.31. The molecule has 2 N–H and O–H groups in total. The Morgan fingerprint density at radius 3 is 2.18 bits per heavy atom. The van der Waals surface area contributed by atoms with Gasteiger partial charge in [-0.2, -0.15) is 0 Å². The number of alkyl halides is 3. The number of anilines is 3. The molecule has 0 aliphatic rings. The quantitative estimate of drug-likeness (QED) is 0.258. The molecule has 0 aliphatic carbocycles. The summed E-state index contributed by atoms with van der Waals surface area (Å²) in [7, 11) is -3.73. The number of sulfonamides is 1. The van der Waals surface area contributed by atoms with Gasteiger partial charge in [-0.25, -0.2) is 18.4 Å². The Morgan fingerprint density at radius 2 is 1.53 bits per heavy atom. The summed E-state index contributed by atoms with van der Waals surface area (Å²) in [6.07, 6.45) is 0.0725. The second-order valence-corrected chi connectivity index (χ2v) is 9.99. The fourth-order valence-electron chi connectivity index (χ4n) is 3.74. The van der Waals surface area contributed by atoms with Crippen molar-refractivity contribution in [1.29, 1.82) is 0 Å². The molecule has 194 valence electrons. The molecule has 8 nitrogen and oxygen atoms in total. The van der Waals surface area contributed by atoms with Crippen molar-refractivity contribution in [2.75, 3.05) is 10.0 Å². The van der Waals surface area contributed by atoms with E-state index in [2.05, 4.69) is 24.7 Å². The maximum absolute atomic E-state index is 12.6. The molecule has 2 heterocycles. The molecule has 0 fully saturated rings. The molecule has 0 aliphatic heterocycles. The van der Waals surface area contributed by atoms with Crippen LogP contribution in [-0.4, -0.2) is 29.1 Å². The van der Waals surface area contributed by atoms with Crippen LogP contribution >= 0.6 is 0 Å². The first-order valence-electron chi connectivity index (χ1n) is 11.2. The van der Waals surface area contributed by atoms with Crippen molar-refractivity contribution in [2.45, 2.75) is 18.2 Å². The molecule has 2 aromatic heterocycles. The van der Waals surface area contributed by atoms with Gasteiger partial charge in [0.05, 0.1) is 16.8 Å². The molecule has 0 saturated heterocycles. The van der Waals surface area contributed by atoms with Crippen LogP contribution in [-0.2, 0) is 10.0 Å². The van der Waals surface area contributed by atoms with Crippen molar-refractivity contribution in [3.8, 4) is 17.0 Å². The van der Waals surface area contributed by atoms with Crippen LogP contribution in [0.1, 0.15) is 5.56 Å². The lowest BCUT2D eigenvalue weighted by Gasteiger charge is -2.11. The third kappa shape index (κ3) is 5.54. The van der Waals surface area contributed by atoms with Crippen molar-refractivity contribution in [3.05, 3.63) is 97.0 Å². The maximum Gasteiger partial charge on any atom is 0.573 e. The molecule has 0 saturated carbocycles. The highest BCUT2D eigenvalue weighted by Gasteiger charge is 2.31. The van der Waals surface area contributed by atoms with Crippen molar-refractivity contribution in [3.63, 3.8) is 0 Å². The standard InChI is InChI=1S/C26H20F3N5O3S/c1-17-2-12-22(13-3-17)38(35,36)33-20-8-6-19(7-9-20)32-24-25-31-16-23(34(25)15-14-30-24)18-4-10-21(11-5-18)37-26(27,28)29/h2-16,33H,1H3,(H,30,32). The second kappa shape index (κ2) is 9.71. The number of aromatic nitrogens is 3. The van der Waals surface area contributed by atoms with Crippen LogP contribution in [0.25, 0.3) is 16.9 Å². The minimum absolute atomic E-state index is 0.166. The molecular formula is C26H20F3N5O3S. The summed E-state index contributed by atoms with van der Waals surface area (Å²) in [6.45, 7) is 1.88. The number of benzene rings is 3. The number of aryl methyl sites for hydroxylation is 1. The van der Waals surface area contributed by atoms with Crippen LogP contribution in [0.3, 0.4) is 0 Å². The van der Waals surface area contributed by atoms with Crippen molar-refractivity contribution in [2.24, 2.45) is 0 Å². The topological polar surface area (TPSA) is 97.6 Å². The van der Waals surface area contributed by atoms with Gasteiger partial charge >= 0.3 is 6.36 Å². The monoisotopic (exact) mass is 539 g/mol. The lowest BCUT2D eigenvalue weighted by molar-refractivity contribution is -0.274. The fraction of sp³-hybridized carbons (Fsp3) is 0.0769. The van der Waals surface area contributed by atoms with Crippen LogP contribution in [0.2, 0.25) is 0 Å². The summed E-state index contributed by atoms with van der Waals surface area (Å²) >= 11 is 0. The molecule has 0 spiro atoms. The maximum atomic E-state index is 12.6. The number of nitrogens with zero attached hydrogens (tertiary/aromatic N) is 3. The molecule has 3 aromatic carbocycles. The predicted octanol–water partition coefficient (Wildman–Crippen LogP) is 6.15. The van der Waals surface area contributed by atoms with E-state index in [-0.39, 0.29) is 10.6 Å². The average molecular weight is 540 g/mol. The Hall–Kier alpha value is -4.58. The Kier molecular flexibility index (Phi) is 6.41. The van der Waals surface area contributed by atoms with Gasteiger partial charge in [0.25, 0.3) is 10.0 Å². The largest absolute Gasteiger partial charge is 0.573 e. The van der Waals surface area contributed by atoms with Crippen LogP contribution < -0.4 is 14.8 Å². The van der Waals surface area contributed by atoms with Crippen molar-refractivity contribution >= 4 is 32.9 Å². The number of hydrogen-bond donors (Lipinski definition) is 2. The van der Waals surface area contributed by atoms with Gasteiger partial charge in [-0.05, 0) is 67.6 Å². The molecule has 0 amide bonds. The number of ether oxygens (including phenoxy) is 1. The van der Waals surface area contributed by atoms with Crippen molar-refractivity contribution in [1.82, 2.24) is 14.4 Å². The predicted molar refractivity (Wildman–Crippen MR) is 137 cm³/mol. The zero-order valence-electron chi connectivity index (χ0n) is 19.8. The Bertz CT molecular complexity index is 1680. The van der Waals surface area contributed by atoms with E-state index < -0.39 is 16.4 Å². The van der Waals surface area contributed by atoms with E-state index in [0.29, 0.717) is 34.1 Å². The first-order chi connectivity index (χ1) is 18.1. The Labute approximate surface area is 215 Å². The van der Waals surface area contributed by atoms with E-state index >= 15 is 0 Å². The average Bonchev–Trinajstić information content (AvgIpc) is 3.30. The van der Waals surface area contributed by atoms with Crippen LogP contribution in [0.5, 0.6) is 5.75 Å². The van der Waals surface area contributed by atoms with Gasteiger partial charge < -0.3 is 10.1 Å². The van der Waals surface area contributed by atoms with Crippen LogP contribution in [0.4, 0.5) is 30.4 Å². The number of halogens is 3. The third-order valence-corrected chi connectivity index (χ3v) is 6.94. The highest BCUT2D eigenvalue weighted by atomic mass is 32.2. The number of fused-ring (bicyclic) bond motifs is 1. The molecule has 12 heteroatoms. The Balaban J connectivity index is 1.33. The minimum atomic E-state index is -4.76. The highest BCUT2D eigenvalue weighted by molar-refractivity contribution is 7.92. The van der Waals surface area contributed by atoms with E-state index in [4.69, 9.17) is 0 Å². The fourth-order valence-corrected chi connectivity index (χ4v) is 4.80. The Morgan fingerprint density at radius 1 is 0.868 bits per heavy atom. The number of nitrogens with one attached hydrogen (secondary N) is 2. The van der Waals surface area contributed by atoms with E-state index in [1.165, 1.54) is 24.3 Å². The highest BCUT2D eigenvalue weighted by Crippen LogP contribution is 2.29. The zero-order chi connectivity index (χ0) is 26.9. The van der Waals surface area contributed by atoms with E-state index in [1.54, 1.807) is 71.5 Å². The van der Waals surface area contributed by atoms with Gasteiger partial charge in [-0.1, -0.05) is 17.7 Å². The molecule has 38 heavy (non-hydrogen) atoms. The van der Waals surface area contributed by atoms with E-state index in [9.17, 15) is 21.6 Å². The smallest absolute Gasteiger partial charge is 0.406 e. The summed E-state index contributed by atoms with van der Waals surface area (Å²) in [5.74, 6) is 0.118. The SMILES string of the molecule is Cc1ccc(S(=O)(=O)Nc2ccc(Nc3nccn4c(-c5ccc(OC(F)(F)F)cc5)cnc34)cc2)cc1. The lowest BCUT2D eigenvalue weighted by Crippen LogP contribution is -2.16. The van der Waals surface area contributed by atoms with Crippen LogP contribution in [0.15, 0.2) is 96.3 Å². The first-order valence-corrected chi connectivity index (χ1v) is 12.7. The number of hydrogen-bond acceptors (Lipinski definition) is 6. The summed E-state index contributed by atoms with van der Waals surface area (Å²) < 4.78 is 70.8. The normalized spacial score (nSPS) is 11.9. The molecule has 5 aromatic rings. The molecule has 0 radical (unpaired) electrons. The van der Waals surface area contributed by atoms with Crippen molar-refractivity contribution < 1.29 is 26.3 Å². The van der Waals surface area contributed by atoms with Gasteiger partial charge in [-0.15, -0.1) is 13.2 Å². The van der Waals surface area contributed by atoms with Gasteiger partial charge in [-0.3, -0.25) is 9.12 Å². The lowest BCUT2D eigenvalue weighted by atomic mass is 10.1. The van der Waals surface area contributed by atoms with E-state index in [1.807, 2.05) is 6.92 Å². The number of rotatable bonds is 7. The minimum Gasteiger partial charge on any atom is -0.406 e. The third-order valence-electron chi connectivity index (χ3n) is 5.54. The summed E-state index contributed by atoms with van der Waals surface area (Å²) in [5.41, 5.74) is 3.76. The molecule has 0 unspecified atom stereocenters. The molecular weight excluding hydrogens is 519 g/mol. The van der Waals surface area contributed by atoms with Gasteiger partial charge in [0, 0.05) is 29.3 Å². The summed E-state index contributed by atoms with van der Waals surface area (Å²) in [5, 5.41) is 3.16.